The van der Waals surface area contributed by atoms with Gasteiger partial charge in [0, 0.05) is 19.6 Å². The molecule has 0 unspecified atom stereocenters. The topological polar surface area (TPSA) is 27.6 Å². The first-order valence-electron chi connectivity index (χ1n) is 6.48. The molecule has 0 saturated carbocycles. The molecule has 0 aliphatic carbocycles. The number of rotatable bonds is 5. The van der Waals surface area contributed by atoms with Gasteiger partial charge in [-0.25, -0.2) is 9.38 Å². The molecule has 0 aliphatic heterocycles. The summed E-state index contributed by atoms with van der Waals surface area (Å²) in [5.41, 5.74) is 1.01. The number of hydrogen-bond donors (Lipinski definition) is 1. The molecule has 3 nitrogen and oxygen atoms in total. The maximum atomic E-state index is 12.8. The van der Waals surface area contributed by atoms with Crippen molar-refractivity contribution in [2.24, 2.45) is 4.99 Å². The van der Waals surface area contributed by atoms with Crippen molar-refractivity contribution < 1.29 is 4.39 Å². The highest BCUT2D eigenvalue weighted by Crippen LogP contribution is 2.04. The average Bonchev–Trinajstić information content (AvgIpc) is 2.39. The van der Waals surface area contributed by atoms with Crippen LogP contribution < -0.4 is 5.32 Å². The van der Waals surface area contributed by atoms with Gasteiger partial charge in [0.15, 0.2) is 5.96 Å². The van der Waals surface area contributed by atoms with Crippen molar-refractivity contribution in [3.63, 3.8) is 0 Å². The van der Waals surface area contributed by atoms with E-state index >= 15 is 0 Å². The molecule has 4 heteroatoms. The van der Waals surface area contributed by atoms with Crippen LogP contribution in [0.15, 0.2) is 29.3 Å². The van der Waals surface area contributed by atoms with E-state index in [-0.39, 0.29) is 5.82 Å². The minimum atomic E-state index is -0.210. The van der Waals surface area contributed by atoms with Gasteiger partial charge in [-0.2, -0.15) is 0 Å². The minimum Gasteiger partial charge on any atom is -0.357 e. The zero-order chi connectivity index (χ0) is 13.4. The van der Waals surface area contributed by atoms with Crippen molar-refractivity contribution in [2.45, 2.75) is 27.3 Å². The smallest absolute Gasteiger partial charge is 0.194 e. The molecule has 0 heterocycles. The molecule has 1 rings (SSSR count). The summed E-state index contributed by atoms with van der Waals surface area (Å²) in [6.45, 7) is 9.52. The van der Waals surface area contributed by atoms with Crippen LogP contribution in [0.4, 0.5) is 4.39 Å². The Labute approximate surface area is 109 Å². The molecule has 1 aromatic carbocycles. The van der Waals surface area contributed by atoms with Gasteiger partial charge in [0.25, 0.3) is 0 Å². The fourth-order valence-corrected chi connectivity index (χ4v) is 1.70. The molecule has 0 radical (unpaired) electrons. The van der Waals surface area contributed by atoms with Crippen molar-refractivity contribution in [1.29, 1.82) is 0 Å². The van der Waals surface area contributed by atoms with Crippen molar-refractivity contribution in [3.05, 3.63) is 35.6 Å². The quantitative estimate of drug-likeness (QED) is 0.643. The molecule has 0 spiro atoms. The zero-order valence-electron chi connectivity index (χ0n) is 11.4. The van der Waals surface area contributed by atoms with Gasteiger partial charge in [-0.15, -0.1) is 0 Å². The molecule has 0 aliphatic rings. The lowest BCUT2D eigenvalue weighted by Gasteiger charge is -2.23. The van der Waals surface area contributed by atoms with Crippen LogP contribution in [-0.4, -0.2) is 30.5 Å². The van der Waals surface area contributed by atoms with Gasteiger partial charge < -0.3 is 10.2 Å². The second kappa shape index (κ2) is 7.69. The van der Waals surface area contributed by atoms with Crippen LogP contribution in [0.5, 0.6) is 0 Å². The molecule has 18 heavy (non-hydrogen) atoms. The second-order valence-electron chi connectivity index (χ2n) is 3.97. The number of guanidine groups is 1. The Morgan fingerprint density at radius 3 is 2.28 bits per heavy atom. The second-order valence-corrected chi connectivity index (χ2v) is 3.97. The minimum absolute atomic E-state index is 0.210. The Balaban J connectivity index is 2.73. The first-order valence-corrected chi connectivity index (χ1v) is 6.48. The van der Waals surface area contributed by atoms with Crippen molar-refractivity contribution in [3.8, 4) is 0 Å². The normalized spacial score (nSPS) is 11.4. The average molecular weight is 251 g/mol. The summed E-state index contributed by atoms with van der Waals surface area (Å²) in [4.78, 5) is 6.74. The van der Waals surface area contributed by atoms with E-state index in [1.54, 1.807) is 12.1 Å². The predicted octanol–water partition coefficient (Wildman–Crippen LogP) is 2.63. The van der Waals surface area contributed by atoms with Gasteiger partial charge in [0.05, 0.1) is 6.54 Å². The standard InChI is InChI=1S/C14H22FN3/c1-4-16-14(18(5-2)6-3)17-11-12-7-9-13(15)10-8-12/h7-10H,4-6,11H2,1-3H3,(H,16,17). The molecule has 0 amide bonds. The van der Waals surface area contributed by atoms with Gasteiger partial charge in [-0.3, -0.25) is 0 Å². The lowest BCUT2D eigenvalue weighted by Crippen LogP contribution is -2.41. The molecule has 1 aromatic rings. The van der Waals surface area contributed by atoms with Crippen LogP contribution in [0.2, 0.25) is 0 Å². The van der Waals surface area contributed by atoms with Crippen LogP contribution in [0.3, 0.4) is 0 Å². The van der Waals surface area contributed by atoms with E-state index < -0.39 is 0 Å². The molecule has 0 aromatic heterocycles. The van der Waals surface area contributed by atoms with Gasteiger partial charge in [0.1, 0.15) is 5.82 Å². The lowest BCUT2D eigenvalue weighted by molar-refractivity contribution is 0.445. The van der Waals surface area contributed by atoms with Crippen molar-refractivity contribution >= 4 is 5.96 Å². The van der Waals surface area contributed by atoms with E-state index in [0.29, 0.717) is 6.54 Å². The summed E-state index contributed by atoms with van der Waals surface area (Å²) in [5.74, 6) is 0.699. The van der Waals surface area contributed by atoms with Gasteiger partial charge >= 0.3 is 0 Å². The number of benzene rings is 1. The number of aliphatic imine (C=N–C) groups is 1. The number of nitrogens with zero attached hydrogens (tertiary/aromatic N) is 2. The molecular formula is C14H22FN3. The van der Waals surface area contributed by atoms with Gasteiger partial charge in [-0.05, 0) is 38.5 Å². The maximum Gasteiger partial charge on any atom is 0.194 e. The molecule has 0 saturated heterocycles. The summed E-state index contributed by atoms with van der Waals surface area (Å²) in [6, 6.07) is 6.47. The fraction of sp³-hybridized carbons (Fsp3) is 0.500. The number of nitrogens with one attached hydrogen (secondary N) is 1. The molecule has 0 fully saturated rings. The van der Waals surface area contributed by atoms with E-state index in [2.05, 4.69) is 36.0 Å². The number of hydrogen-bond acceptors (Lipinski definition) is 1. The van der Waals surface area contributed by atoms with E-state index in [4.69, 9.17) is 0 Å². The summed E-state index contributed by atoms with van der Waals surface area (Å²) in [7, 11) is 0. The summed E-state index contributed by atoms with van der Waals surface area (Å²) < 4.78 is 12.8. The van der Waals surface area contributed by atoms with Crippen LogP contribution in [0.25, 0.3) is 0 Å². The Kier molecular flexibility index (Phi) is 6.19. The molecule has 0 atom stereocenters. The fourth-order valence-electron chi connectivity index (χ4n) is 1.70. The van der Waals surface area contributed by atoms with Crippen LogP contribution in [0, 0.1) is 5.82 Å². The first-order chi connectivity index (χ1) is 8.71. The van der Waals surface area contributed by atoms with E-state index in [0.717, 1.165) is 31.2 Å². The van der Waals surface area contributed by atoms with Gasteiger partial charge in [-0.1, -0.05) is 12.1 Å². The highest BCUT2D eigenvalue weighted by molar-refractivity contribution is 5.79. The monoisotopic (exact) mass is 251 g/mol. The van der Waals surface area contributed by atoms with Crippen LogP contribution in [0.1, 0.15) is 26.3 Å². The third-order valence-electron chi connectivity index (χ3n) is 2.72. The van der Waals surface area contributed by atoms with Crippen molar-refractivity contribution in [2.75, 3.05) is 19.6 Å². The summed E-state index contributed by atoms with van der Waals surface area (Å²) >= 11 is 0. The Morgan fingerprint density at radius 2 is 1.78 bits per heavy atom. The maximum absolute atomic E-state index is 12.8. The SMILES string of the molecule is CCNC(=NCc1ccc(F)cc1)N(CC)CC. The van der Waals surface area contributed by atoms with E-state index in [1.165, 1.54) is 12.1 Å². The highest BCUT2D eigenvalue weighted by Gasteiger charge is 2.05. The Hall–Kier alpha value is -1.58. The molecule has 0 bridgehead atoms. The first kappa shape index (κ1) is 14.5. The number of halogens is 1. The van der Waals surface area contributed by atoms with Crippen LogP contribution >= 0.6 is 0 Å². The lowest BCUT2D eigenvalue weighted by atomic mass is 10.2. The summed E-state index contributed by atoms with van der Waals surface area (Å²) in [6.07, 6.45) is 0. The van der Waals surface area contributed by atoms with Crippen molar-refractivity contribution in [1.82, 2.24) is 10.2 Å². The Bertz CT molecular complexity index is 369. The zero-order valence-corrected chi connectivity index (χ0v) is 11.4. The third kappa shape index (κ3) is 4.35. The largest absolute Gasteiger partial charge is 0.357 e. The van der Waals surface area contributed by atoms with Gasteiger partial charge in [0.2, 0.25) is 0 Å². The molecular weight excluding hydrogens is 229 g/mol. The predicted molar refractivity (Wildman–Crippen MR) is 74.1 cm³/mol. The third-order valence-corrected chi connectivity index (χ3v) is 2.72. The van der Waals surface area contributed by atoms with E-state index in [9.17, 15) is 4.39 Å². The van der Waals surface area contributed by atoms with E-state index in [1.807, 2.05) is 0 Å². The highest BCUT2D eigenvalue weighted by atomic mass is 19.1. The molecule has 100 valence electrons. The Morgan fingerprint density at radius 1 is 1.17 bits per heavy atom. The summed E-state index contributed by atoms with van der Waals surface area (Å²) in [5, 5.41) is 3.27. The molecule has 1 N–H and O–H groups in total. The van der Waals surface area contributed by atoms with Crippen LogP contribution in [-0.2, 0) is 6.54 Å².